The monoisotopic (exact) mass is 309 g/mol. The van der Waals surface area contributed by atoms with E-state index in [1.165, 1.54) is 17.2 Å². The smallest absolute Gasteiger partial charge is 0.292 e. The van der Waals surface area contributed by atoms with E-state index < -0.39 is 0 Å². The van der Waals surface area contributed by atoms with Gasteiger partial charge >= 0.3 is 0 Å². The van der Waals surface area contributed by atoms with Gasteiger partial charge < -0.3 is 9.30 Å². The molecule has 0 N–H and O–H groups in total. The number of aromatic nitrogens is 3. The van der Waals surface area contributed by atoms with Gasteiger partial charge in [-0.15, -0.1) is 0 Å². The van der Waals surface area contributed by atoms with Gasteiger partial charge in [0.05, 0.1) is 19.3 Å². The van der Waals surface area contributed by atoms with Crippen molar-refractivity contribution in [2.24, 2.45) is 7.05 Å². The molecule has 0 saturated carbocycles. The van der Waals surface area contributed by atoms with Crippen LogP contribution in [0, 0.1) is 0 Å². The van der Waals surface area contributed by atoms with E-state index >= 15 is 0 Å². The Morgan fingerprint density at radius 1 is 1.13 bits per heavy atom. The maximum atomic E-state index is 11.9. The Kier molecular flexibility index (Phi) is 4.02. The van der Waals surface area contributed by atoms with Crippen molar-refractivity contribution in [1.29, 1.82) is 0 Å². The van der Waals surface area contributed by atoms with Crippen molar-refractivity contribution in [1.82, 2.24) is 14.3 Å². The van der Waals surface area contributed by atoms with Crippen LogP contribution in [0.1, 0.15) is 18.5 Å². The molecule has 0 aliphatic rings. The van der Waals surface area contributed by atoms with E-state index in [2.05, 4.69) is 24.2 Å². The molecular weight excluding hydrogens is 290 g/mol. The lowest BCUT2D eigenvalue weighted by molar-refractivity contribution is 0.405. The second-order valence-corrected chi connectivity index (χ2v) is 5.51. The molecule has 2 aromatic heterocycles. The van der Waals surface area contributed by atoms with Gasteiger partial charge in [-0.2, -0.15) is 5.10 Å². The standard InChI is InChI=1S/C18H19N3O2/c1-13(14-7-5-4-6-8-14)21-12-16(10-19-21)15-9-17(23-3)18(22)20(2)11-15/h4-13H,1-3H3. The molecule has 5 nitrogen and oxygen atoms in total. The first-order valence-corrected chi connectivity index (χ1v) is 7.44. The fourth-order valence-electron chi connectivity index (χ4n) is 2.57. The number of benzene rings is 1. The molecule has 0 amide bonds. The quantitative estimate of drug-likeness (QED) is 0.744. The summed E-state index contributed by atoms with van der Waals surface area (Å²) in [6.45, 7) is 2.10. The van der Waals surface area contributed by atoms with Crippen molar-refractivity contribution in [3.8, 4) is 16.9 Å². The van der Waals surface area contributed by atoms with Crippen LogP contribution in [-0.2, 0) is 7.05 Å². The molecule has 23 heavy (non-hydrogen) atoms. The molecule has 2 heterocycles. The fourth-order valence-corrected chi connectivity index (χ4v) is 2.57. The second kappa shape index (κ2) is 6.12. The molecule has 3 rings (SSSR count). The molecule has 0 bridgehead atoms. The van der Waals surface area contributed by atoms with Crippen molar-refractivity contribution >= 4 is 0 Å². The third-order valence-corrected chi connectivity index (χ3v) is 3.98. The molecule has 0 radical (unpaired) electrons. The zero-order valence-electron chi connectivity index (χ0n) is 13.4. The van der Waals surface area contributed by atoms with Crippen LogP contribution in [0.3, 0.4) is 0 Å². The van der Waals surface area contributed by atoms with Crippen molar-refractivity contribution in [3.63, 3.8) is 0 Å². The number of nitrogens with zero attached hydrogens (tertiary/aromatic N) is 3. The Balaban J connectivity index is 1.96. The Bertz CT molecular complexity index is 865. The van der Waals surface area contributed by atoms with Crippen LogP contribution in [0.2, 0.25) is 0 Å². The minimum absolute atomic E-state index is 0.138. The summed E-state index contributed by atoms with van der Waals surface area (Å²) < 4.78 is 8.59. The molecule has 5 heteroatoms. The predicted molar refractivity (Wildman–Crippen MR) is 89.7 cm³/mol. The summed E-state index contributed by atoms with van der Waals surface area (Å²) in [5.74, 6) is 0.328. The first-order chi connectivity index (χ1) is 11.1. The summed E-state index contributed by atoms with van der Waals surface area (Å²) >= 11 is 0. The summed E-state index contributed by atoms with van der Waals surface area (Å²) in [5, 5.41) is 4.46. The van der Waals surface area contributed by atoms with Crippen molar-refractivity contribution in [2.45, 2.75) is 13.0 Å². The largest absolute Gasteiger partial charge is 0.491 e. The summed E-state index contributed by atoms with van der Waals surface area (Å²) in [4.78, 5) is 11.9. The van der Waals surface area contributed by atoms with E-state index in [-0.39, 0.29) is 11.6 Å². The molecule has 0 saturated heterocycles. The van der Waals surface area contributed by atoms with Crippen LogP contribution in [0.5, 0.6) is 5.75 Å². The number of rotatable bonds is 4. The lowest BCUT2D eigenvalue weighted by atomic mass is 10.1. The zero-order chi connectivity index (χ0) is 16.4. The third kappa shape index (κ3) is 2.90. The van der Waals surface area contributed by atoms with Crippen LogP contribution < -0.4 is 10.3 Å². The minimum atomic E-state index is -0.152. The number of hydrogen-bond acceptors (Lipinski definition) is 3. The van der Waals surface area contributed by atoms with Gasteiger partial charge in [-0.05, 0) is 18.6 Å². The lowest BCUT2D eigenvalue weighted by Gasteiger charge is -2.12. The van der Waals surface area contributed by atoms with E-state index in [0.717, 1.165) is 11.1 Å². The van der Waals surface area contributed by atoms with Crippen molar-refractivity contribution < 1.29 is 4.74 Å². The Morgan fingerprint density at radius 3 is 2.57 bits per heavy atom. The fraction of sp³-hybridized carbons (Fsp3) is 0.222. The average molecular weight is 309 g/mol. The second-order valence-electron chi connectivity index (χ2n) is 5.51. The highest BCUT2D eigenvalue weighted by atomic mass is 16.5. The average Bonchev–Trinajstić information content (AvgIpc) is 3.07. The van der Waals surface area contributed by atoms with Crippen LogP contribution in [0.4, 0.5) is 0 Å². The SMILES string of the molecule is COc1cc(-c2cnn(C(C)c3ccccc3)c2)cn(C)c1=O. The molecule has 0 fully saturated rings. The summed E-state index contributed by atoms with van der Waals surface area (Å²) in [6.07, 6.45) is 5.58. The third-order valence-electron chi connectivity index (χ3n) is 3.98. The van der Waals surface area contributed by atoms with E-state index in [4.69, 9.17) is 4.74 Å². The highest BCUT2D eigenvalue weighted by molar-refractivity contribution is 5.62. The normalized spacial score (nSPS) is 12.1. The molecule has 0 aliphatic carbocycles. The van der Waals surface area contributed by atoms with Gasteiger partial charge in [0.15, 0.2) is 5.75 Å². The van der Waals surface area contributed by atoms with Crippen LogP contribution >= 0.6 is 0 Å². The number of aryl methyl sites for hydroxylation is 1. The highest BCUT2D eigenvalue weighted by Gasteiger charge is 2.12. The molecule has 0 aliphatic heterocycles. The number of ether oxygens (including phenoxy) is 1. The van der Waals surface area contributed by atoms with E-state index in [1.807, 2.05) is 29.1 Å². The van der Waals surface area contributed by atoms with E-state index in [1.54, 1.807) is 25.5 Å². The van der Waals surface area contributed by atoms with Gasteiger partial charge in [0, 0.05) is 30.6 Å². The summed E-state index contributed by atoms with van der Waals surface area (Å²) in [5.41, 5.74) is 2.89. The Morgan fingerprint density at radius 2 is 1.87 bits per heavy atom. The number of pyridine rings is 1. The lowest BCUT2D eigenvalue weighted by Crippen LogP contribution is -2.17. The first-order valence-electron chi connectivity index (χ1n) is 7.44. The van der Waals surface area contributed by atoms with Gasteiger partial charge in [-0.3, -0.25) is 9.48 Å². The minimum Gasteiger partial charge on any atom is -0.491 e. The van der Waals surface area contributed by atoms with Gasteiger partial charge in [-0.25, -0.2) is 0 Å². The summed E-state index contributed by atoms with van der Waals surface area (Å²) in [6, 6.07) is 12.1. The Labute approximate surface area is 134 Å². The molecule has 1 atom stereocenters. The molecule has 0 spiro atoms. The van der Waals surface area contributed by atoms with Gasteiger partial charge in [0.1, 0.15) is 0 Å². The molecule has 1 aromatic carbocycles. The maximum Gasteiger partial charge on any atom is 0.292 e. The maximum absolute atomic E-state index is 11.9. The van der Waals surface area contributed by atoms with E-state index in [0.29, 0.717) is 5.75 Å². The number of methoxy groups -OCH3 is 1. The van der Waals surface area contributed by atoms with Crippen molar-refractivity contribution in [2.75, 3.05) is 7.11 Å². The topological polar surface area (TPSA) is 49.0 Å². The van der Waals surface area contributed by atoms with Gasteiger partial charge in [-0.1, -0.05) is 30.3 Å². The predicted octanol–water partition coefficient (Wildman–Crippen LogP) is 2.87. The van der Waals surface area contributed by atoms with Crippen LogP contribution in [0.15, 0.2) is 59.8 Å². The number of hydrogen-bond donors (Lipinski definition) is 0. The molecule has 1 unspecified atom stereocenters. The molecule has 118 valence electrons. The van der Waals surface area contributed by atoms with Crippen molar-refractivity contribution in [3.05, 3.63) is 70.9 Å². The van der Waals surface area contributed by atoms with E-state index in [9.17, 15) is 4.79 Å². The first kappa shape index (κ1) is 15.1. The summed E-state index contributed by atoms with van der Waals surface area (Å²) in [7, 11) is 3.22. The zero-order valence-corrected chi connectivity index (χ0v) is 13.4. The van der Waals surface area contributed by atoms with Gasteiger partial charge in [0.25, 0.3) is 5.56 Å². The molecule has 3 aromatic rings. The Hall–Kier alpha value is -2.82. The van der Waals surface area contributed by atoms with Gasteiger partial charge in [0.2, 0.25) is 0 Å². The van der Waals surface area contributed by atoms with Crippen LogP contribution in [-0.4, -0.2) is 21.5 Å². The van der Waals surface area contributed by atoms with Crippen LogP contribution in [0.25, 0.3) is 11.1 Å². The highest BCUT2D eigenvalue weighted by Crippen LogP contribution is 2.24. The molecular formula is C18H19N3O2.